The maximum Gasteiger partial charge on any atom is 0.257 e. The Morgan fingerprint density at radius 2 is 2.04 bits per heavy atom. The highest BCUT2D eigenvalue weighted by Crippen LogP contribution is 2.29. The second-order valence-electron chi connectivity index (χ2n) is 6.66. The molecule has 0 aliphatic carbocycles. The van der Waals surface area contributed by atoms with E-state index in [2.05, 4.69) is 10.6 Å². The van der Waals surface area contributed by atoms with Gasteiger partial charge >= 0.3 is 0 Å². The number of hydrogen-bond acceptors (Lipinski definition) is 5. The van der Waals surface area contributed by atoms with Gasteiger partial charge in [0.05, 0.1) is 13.7 Å². The molecular weight excluding hydrogens is 332 g/mol. The van der Waals surface area contributed by atoms with E-state index >= 15 is 0 Å². The number of rotatable bonds is 9. The van der Waals surface area contributed by atoms with Crippen molar-refractivity contribution in [1.29, 1.82) is 0 Å². The monoisotopic (exact) mass is 362 g/mol. The summed E-state index contributed by atoms with van der Waals surface area (Å²) in [7, 11) is 3.30. The Hall–Kier alpha value is -2.05. The number of ether oxygens (including phenoxy) is 3. The van der Waals surface area contributed by atoms with Crippen molar-refractivity contribution < 1.29 is 19.0 Å². The maximum absolute atomic E-state index is 12.2. The van der Waals surface area contributed by atoms with Crippen LogP contribution in [-0.4, -0.2) is 53.0 Å². The van der Waals surface area contributed by atoms with Gasteiger partial charge in [0.1, 0.15) is 0 Å². The molecule has 0 bridgehead atoms. The molecule has 144 valence electrons. The second kappa shape index (κ2) is 10.2. The van der Waals surface area contributed by atoms with E-state index < -0.39 is 0 Å². The average molecular weight is 362 g/mol. The predicted molar refractivity (Wildman–Crippen MR) is 103 cm³/mol. The molecule has 1 aromatic rings. The minimum atomic E-state index is -0.140. The van der Waals surface area contributed by atoms with E-state index in [4.69, 9.17) is 14.2 Å². The Morgan fingerprint density at radius 1 is 1.27 bits per heavy atom. The molecule has 2 N–H and O–H groups in total. The number of methoxy groups -OCH3 is 2. The van der Waals surface area contributed by atoms with Crippen molar-refractivity contribution >= 4 is 12.0 Å². The summed E-state index contributed by atoms with van der Waals surface area (Å²) in [5, 5.41) is 6.34. The van der Waals surface area contributed by atoms with E-state index in [9.17, 15) is 4.79 Å². The normalized spacial score (nSPS) is 16.4. The van der Waals surface area contributed by atoms with Crippen LogP contribution in [0.5, 0.6) is 11.5 Å². The van der Waals surface area contributed by atoms with Crippen molar-refractivity contribution in [2.24, 2.45) is 5.41 Å². The third-order valence-corrected chi connectivity index (χ3v) is 4.68. The maximum atomic E-state index is 12.2. The van der Waals surface area contributed by atoms with Gasteiger partial charge in [0.2, 0.25) is 0 Å². The van der Waals surface area contributed by atoms with Gasteiger partial charge in [-0.15, -0.1) is 0 Å². The predicted octanol–water partition coefficient (Wildman–Crippen LogP) is 2.24. The first-order valence-corrected chi connectivity index (χ1v) is 9.02. The number of amides is 1. The molecule has 0 saturated carbocycles. The third-order valence-electron chi connectivity index (χ3n) is 4.68. The smallest absolute Gasteiger partial charge is 0.257 e. The molecule has 0 atom stereocenters. The lowest BCUT2D eigenvalue weighted by molar-refractivity contribution is -0.124. The van der Waals surface area contributed by atoms with Crippen LogP contribution in [0.4, 0.5) is 0 Å². The largest absolute Gasteiger partial charge is 0.493 e. The van der Waals surface area contributed by atoms with Gasteiger partial charge in [-0.1, -0.05) is 18.2 Å². The molecule has 6 heteroatoms. The van der Waals surface area contributed by atoms with Gasteiger partial charge in [0.15, 0.2) is 18.1 Å². The van der Waals surface area contributed by atoms with E-state index in [0.717, 1.165) is 31.5 Å². The summed E-state index contributed by atoms with van der Waals surface area (Å²) in [4.78, 5) is 12.2. The molecular formula is C20H30N2O4. The Kier molecular flexibility index (Phi) is 7.94. The van der Waals surface area contributed by atoms with Gasteiger partial charge in [0.25, 0.3) is 5.91 Å². The summed E-state index contributed by atoms with van der Waals surface area (Å²) in [5.41, 5.74) is 1.02. The summed E-state index contributed by atoms with van der Waals surface area (Å²) in [6.07, 6.45) is 5.91. The summed E-state index contributed by atoms with van der Waals surface area (Å²) < 4.78 is 16.4. The second-order valence-corrected chi connectivity index (χ2v) is 6.66. The van der Waals surface area contributed by atoms with E-state index in [1.807, 2.05) is 37.3 Å². The van der Waals surface area contributed by atoms with Crippen LogP contribution in [-0.2, 0) is 9.53 Å². The van der Waals surface area contributed by atoms with Crippen LogP contribution < -0.4 is 20.1 Å². The van der Waals surface area contributed by atoms with Crippen molar-refractivity contribution in [3.63, 3.8) is 0 Å². The highest BCUT2D eigenvalue weighted by molar-refractivity contribution is 5.77. The first-order chi connectivity index (χ1) is 12.6. The van der Waals surface area contributed by atoms with Crippen LogP contribution in [0.3, 0.4) is 0 Å². The minimum Gasteiger partial charge on any atom is -0.493 e. The fraction of sp³-hybridized carbons (Fsp3) is 0.550. The number of allylic oxidation sites excluding steroid dienone is 1. The number of hydrogen-bond donors (Lipinski definition) is 2. The molecule has 0 unspecified atom stereocenters. The first kappa shape index (κ1) is 20.3. The summed E-state index contributed by atoms with van der Waals surface area (Å²) in [5.74, 6) is 1.03. The van der Waals surface area contributed by atoms with Gasteiger partial charge in [-0.25, -0.2) is 0 Å². The van der Waals surface area contributed by atoms with Gasteiger partial charge in [0, 0.05) is 19.1 Å². The zero-order valence-electron chi connectivity index (χ0n) is 16.0. The molecule has 1 aliphatic rings. The molecule has 1 saturated heterocycles. The van der Waals surface area contributed by atoms with Crippen molar-refractivity contribution in [3.05, 3.63) is 29.8 Å². The molecule has 0 spiro atoms. The number of piperidine rings is 1. The highest BCUT2D eigenvalue weighted by atomic mass is 16.5. The van der Waals surface area contributed by atoms with Crippen LogP contribution in [0.2, 0.25) is 0 Å². The first-order valence-electron chi connectivity index (χ1n) is 9.02. The topological polar surface area (TPSA) is 68.8 Å². The lowest BCUT2D eigenvalue weighted by Gasteiger charge is -2.37. The minimum absolute atomic E-state index is 0.00147. The van der Waals surface area contributed by atoms with Crippen LogP contribution in [0.15, 0.2) is 24.3 Å². The average Bonchev–Trinajstić information content (AvgIpc) is 2.66. The summed E-state index contributed by atoms with van der Waals surface area (Å²) in [6, 6.07) is 5.63. The van der Waals surface area contributed by atoms with Gasteiger partial charge in [-0.3, -0.25) is 4.79 Å². The molecule has 1 aliphatic heterocycles. The summed E-state index contributed by atoms with van der Waals surface area (Å²) >= 11 is 0. The lowest BCUT2D eigenvalue weighted by Crippen LogP contribution is -2.47. The highest BCUT2D eigenvalue weighted by Gasteiger charge is 2.32. The quantitative estimate of drug-likeness (QED) is 0.705. The number of carbonyl (C=O) groups excluding carboxylic acids is 1. The van der Waals surface area contributed by atoms with Crippen LogP contribution in [0, 0.1) is 5.41 Å². The molecule has 1 aromatic carbocycles. The Bertz CT molecular complexity index is 604. The molecule has 26 heavy (non-hydrogen) atoms. The Morgan fingerprint density at radius 3 is 2.69 bits per heavy atom. The Labute approximate surface area is 155 Å². The van der Waals surface area contributed by atoms with Crippen molar-refractivity contribution in [2.75, 3.05) is 47.1 Å². The van der Waals surface area contributed by atoms with E-state index in [1.165, 1.54) is 0 Å². The molecule has 1 heterocycles. The molecule has 1 fully saturated rings. The molecule has 0 radical (unpaired) electrons. The third kappa shape index (κ3) is 5.75. The van der Waals surface area contributed by atoms with Crippen LogP contribution in [0.25, 0.3) is 6.08 Å². The van der Waals surface area contributed by atoms with E-state index in [1.54, 1.807) is 14.2 Å². The van der Waals surface area contributed by atoms with Crippen LogP contribution in [0.1, 0.15) is 25.3 Å². The number of benzene rings is 1. The lowest BCUT2D eigenvalue weighted by atomic mass is 9.79. The van der Waals surface area contributed by atoms with Crippen LogP contribution >= 0.6 is 0 Å². The van der Waals surface area contributed by atoms with Gasteiger partial charge in [-0.05, 0) is 50.6 Å². The SMILES string of the molecule is C/C=C/c1ccc(OCC(=O)NCC2(COC)CCNCC2)c(OC)c1. The van der Waals surface area contributed by atoms with Gasteiger partial charge < -0.3 is 24.8 Å². The van der Waals surface area contributed by atoms with E-state index in [0.29, 0.717) is 24.7 Å². The molecule has 1 amide bonds. The molecule has 6 nitrogen and oxygen atoms in total. The van der Waals surface area contributed by atoms with Crippen molar-refractivity contribution in [1.82, 2.24) is 10.6 Å². The zero-order valence-corrected chi connectivity index (χ0v) is 16.0. The molecule has 2 rings (SSSR count). The number of carbonyl (C=O) groups is 1. The summed E-state index contributed by atoms with van der Waals surface area (Å²) in [6.45, 7) is 5.07. The van der Waals surface area contributed by atoms with Crippen molar-refractivity contribution in [2.45, 2.75) is 19.8 Å². The van der Waals surface area contributed by atoms with Gasteiger partial charge in [-0.2, -0.15) is 0 Å². The number of nitrogens with one attached hydrogen (secondary N) is 2. The van der Waals surface area contributed by atoms with E-state index in [-0.39, 0.29) is 17.9 Å². The Balaban J connectivity index is 1.88. The fourth-order valence-corrected chi connectivity index (χ4v) is 3.22. The standard InChI is InChI=1S/C20H30N2O4/c1-4-5-16-6-7-17(18(12-16)25-3)26-13-19(23)22-14-20(15-24-2)8-10-21-11-9-20/h4-7,12,21H,8-11,13-15H2,1-3H3,(H,22,23)/b5-4+. The molecule has 0 aromatic heterocycles. The zero-order chi connectivity index (χ0) is 18.8. The fourth-order valence-electron chi connectivity index (χ4n) is 3.22. The van der Waals surface area contributed by atoms with Crippen molar-refractivity contribution in [3.8, 4) is 11.5 Å².